The summed E-state index contributed by atoms with van der Waals surface area (Å²) in [6.45, 7) is 1.70. The molecular weight excluding hydrogens is 266 g/mol. The molecule has 0 saturated carbocycles. The maximum absolute atomic E-state index is 12.5. The van der Waals surface area contributed by atoms with Crippen LogP contribution in [0.25, 0.3) is 0 Å². The van der Waals surface area contributed by atoms with Crippen molar-refractivity contribution in [1.82, 2.24) is 10.3 Å². The highest BCUT2D eigenvalue weighted by Gasteiger charge is 2.39. The summed E-state index contributed by atoms with van der Waals surface area (Å²) in [6.07, 6.45) is 2.89. The first kappa shape index (κ1) is 13.1. The molecule has 0 aliphatic carbocycles. The Balaban J connectivity index is 1.95. The number of hydrogen-bond donors (Lipinski definition) is 2. The number of carbonyl (C=O) groups excluding carboxylic acids is 2. The molecule has 1 aromatic heterocycles. The number of benzene rings is 1. The molecule has 0 bridgehead atoms. The Labute approximate surface area is 122 Å². The lowest BCUT2D eigenvalue weighted by Gasteiger charge is -2.27. The fourth-order valence-corrected chi connectivity index (χ4v) is 2.34. The zero-order chi connectivity index (χ0) is 14.9. The quantitative estimate of drug-likeness (QED) is 0.872. The molecule has 0 fully saturated rings. The number of hydrogen-bond acceptors (Lipinski definition) is 3. The first-order chi connectivity index (χ1) is 10.1. The molecule has 2 N–H and O–H groups in total. The Bertz CT molecular complexity index is 700. The maximum atomic E-state index is 12.5. The minimum Gasteiger partial charge on any atom is -0.337 e. The van der Waals surface area contributed by atoms with Gasteiger partial charge in [0, 0.05) is 18.7 Å². The highest BCUT2D eigenvalue weighted by molar-refractivity contribution is 6.10. The summed E-state index contributed by atoms with van der Waals surface area (Å²) in [7, 11) is 0. The fraction of sp³-hybridized carbons (Fsp3) is 0.188. The van der Waals surface area contributed by atoms with Gasteiger partial charge in [-0.1, -0.05) is 30.3 Å². The molecule has 1 atom stereocenters. The number of rotatable bonds is 2. The predicted molar refractivity (Wildman–Crippen MR) is 76.6 cm³/mol. The van der Waals surface area contributed by atoms with E-state index in [-0.39, 0.29) is 17.6 Å². The van der Waals surface area contributed by atoms with Gasteiger partial charge >= 0.3 is 0 Å². The molecule has 1 aliphatic heterocycles. The molecular formula is C16H13N3O2. The lowest BCUT2D eigenvalue weighted by molar-refractivity contribution is -0.121. The van der Waals surface area contributed by atoms with Crippen molar-refractivity contribution in [1.29, 1.82) is 0 Å². The zero-order valence-corrected chi connectivity index (χ0v) is 11.4. The minimum atomic E-state index is -1.04. The number of carbonyl (C=O) groups is 2. The summed E-state index contributed by atoms with van der Waals surface area (Å²) < 4.78 is 0. The van der Waals surface area contributed by atoms with Crippen molar-refractivity contribution in [2.24, 2.45) is 0 Å². The summed E-state index contributed by atoms with van der Waals surface area (Å²) in [5, 5.41) is 5.46. The highest BCUT2D eigenvalue weighted by Crippen LogP contribution is 2.22. The van der Waals surface area contributed by atoms with Crippen molar-refractivity contribution < 1.29 is 9.59 Å². The molecule has 0 unspecified atom stereocenters. The van der Waals surface area contributed by atoms with Gasteiger partial charge in [-0.3, -0.25) is 9.59 Å². The Morgan fingerprint density at radius 1 is 1.24 bits per heavy atom. The smallest absolute Gasteiger partial charge is 0.256 e. The van der Waals surface area contributed by atoms with E-state index in [9.17, 15) is 9.59 Å². The Kier molecular flexibility index (Phi) is 3.07. The second-order valence-electron chi connectivity index (χ2n) is 5.18. The standard InChI is InChI=1S/C16H13N3O2/c1-16(10-11-6-3-2-4-7-11)15(21)18-13-12(14(20)19-16)8-5-9-17-13/h2-4,6-8H,10H2,1H3,(H,19,20)(H,17,18,21)/t16-/m0/s1. The van der Waals surface area contributed by atoms with E-state index in [4.69, 9.17) is 0 Å². The highest BCUT2D eigenvalue weighted by atomic mass is 16.2. The number of nitrogens with zero attached hydrogens (tertiary/aromatic N) is 1. The van der Waals surface area contributed by atoms with Crippen LogP contribution >= 0.6 is 0 Å². The van der Waals surface area contributed by atoms with E-state index in [1.165, 1.54) is 6.07 Å². The van der Waals surface area contributed by atoms with Crippen LogP contribution in [0.5, 0.6) is 0 Å². The first-order valence-electron chi connectivity index (χ1n) is 6.55. The van der Waals surface area contributed by atoms with Crippen molar-refractivity contribution in [3.05, 3.63) is 59.8 Å². The summed E-state index contributed by atoms with van der Waals surface area (Å²) in [4.78, 5) is 28.6. The predicted octanol–water partition coefficient (Wildman–Crippen LogP) is 1.37. The molecule has 5 heteroatoms. The number of nitrogens with one attached hydrogen (secondary N) is 2. The van der Waals surface area contributed by atoms with Gasteiger partial charge in [-0.15, -0.1) is 0 Å². The van der Waals surface area contributed by atoms with E-state index >= 15 is 0 Å². The van der Waals surface area contributed by atoms with Crippen molar-refractivity contribution >= 4 is 17.6 Å². The summed E-state index contributed by atoms with van der Waals surface area (Å²) in [5.41, 5.74) is 0.213. The molecule has 1 aliphatic rings. The molecule has 0 spiro atoms. The van der Waals surface area contributed by atoms with Gasteiger partial charge in [0.15, 0.2) is 5.82 Å². The second kappa shape index (κ2) is 4.91. The van der Waals surface area contributed by atoms with Crippen LogP contribution in [-0.2, 0) is 11.2 Å². The normalized spacial score (nSPS) is 20.6. The first-order valence-corrected chi connectivity index (χ1v) is 6.55. The van der Waals surface area contributed by atoms with Crippen LogP contribution < -0.4 is 10.6 Å². The van der Waals surface area contributed by atoms with Crippen LogP contribution in [-0.4, -0.2) is 22.3 Å². The maximum Gasteiger partial charge on any atom is 0.256 e. The topological polar surface area (TPSA) is 71.1 Å². The molecule has 21 heavy (non-hydrogen) atoms. The third kappa shape index (κ3) is 2.43. The molecule has 5 nitrogen and oxygen atoms in total. The van der Waals surface area contributed by atoms with E-state index in [0.29, 0.717) is 12.0 Å². The summed E-state index contributed by atoms with van der Waals surface area (Å²) >= 11 is 0. The van der Waals surface area contributed by atoms with Gasteiger partial charge in [-0.25, -0.2) is 0 Å². The third-order valence-corrected chi connectivity index (χ3v) is 3.47. The molecule has 2 amide bonds. The molecule has 2 heterocycles. The average molecular weight is 279 g/mol. The van der Waals surface area contributed by atoms with E-state index in [2.05, 4.69) is 27.9 Å². The van der Waals surface area contributed by atoms with Gasteiger partial charge in [0.2, 0.25) is 0 Å². The van der Waals surface area contributed by atoms with Gasteiger partial charge in [0.25, 0.3) is 11.8 Å². The monoisotopic (exact) mass is 279 g/mol. The van der Waals surface area contributed by atoms with E-state index in [0.717, 1.165) is 5.56 Å². The Morgan fingerprint density at radius 3 is 2.76 bits per heavy atom. The molecule has 2 aromatic rings. The molecule has 0 saturated heterocycles. The van der Waals surface area contributed by atoms with Crippen molar-refractivity contribution in [3.8, 4) is 0 Å². The van der Waals surface area contributed by atoms with Crippen molar-refractivity contribution in [2.45, 2.75) is 18.9 Å². The second-order valence-corrected chi connectivity index (χ2v) is 5.18. The minimum absolute atomic E-state index is 0.216. The molecule has 104 valence electrons. The zero-order valence-electron chi connectivity index (χ0n) is 11.4. The average Bonchev–Trinajstić information content (AvgIpc) is 2.56. The van der Waals surface area contributed by atoms with Crippen molar-refractivity contribution in [2.75, 3.05) is 5.32 Å². The lowest BCUT2D eigenvalue weighted by atomic mass is 9.92. The van der Waals surface area contributed by atoms with Crippen LogP contribution in [0.15, 0.2) is 36.4 Å². The summed E-state index contributed by atoms with van der Waals surface area (Å²) in [5.74, 6) is -0.432. The van der Waals surface area contributed by atoms with E-state index < -0.39 is 5.54 Å². The van der Waals surface area contributed by atoms with Gasteiger partial charge in [-0.2, -0.15) is 4.98 Å². The van der Waals surface area contributed by atoms with E-state index in [1.54, 1.807) is 6.92 Å². The number of amides is 2. The molecule has 1 aromatic carbocycles. The number of aromatic nitrogens is 1. The largest absolute Gasteiger partial charge is 0.337 e. The van der Waals surface area contributed by atoms with Gasteiger partial charge in [-0.05, 0) is 18.6 Å². The van der Waals surface area contributed by atoms with Crippen LogP contribution in [0.2, 0.25) is 0 Å². The Morgan fingerprint density at radius 2 is 2.00 bits per heavy atom. The number of fused-ring (bicyclic) bond motifs is 1. The van der Waals surface area contributed by atoms with Gasteiger partial charge in [0.05, 0.1) is 5.56 Å². The van der Waals surface area contributed by atoms with Crippen LogP contribution in [0.4, 0.5) is 5.82 Å². The lowest BCUT2D eigenvalue weighted by Crippen LogP contribution is -2.54. The van der Waals surface area contributed by atoms with Crippen LogP contribution in [0.3, 0.4) is 0 Å². The third-order valence-electron chi connectivity index (χ3n) is 3.47. The fourth-order valence-electron chi connectivity index (χ4n) is 2.34. The number of anilines is 1. The Hall–Kier alpha value is -2.87. The summed E-state index contributed by atoms with van der Waals surface area (Å²) in [6, 6.07) is 13.6. The van der Waals surface area contributed by atoms with Crippen LogP contribution in [0, 0.1) is 12.3 Å². The SMILES string of the molecule is C[C@@]1(Cc2ccccc2)NC(=O)c2cc#cnc2NC1=O. The molecule has 0 radical (unpaired) electrons. The van der Waals surface area contributed by atoms with Gasteiger partial charge in [0.1, 0.15) is 5.54 Å². The van der Waals surface area contributed by atoms with Gasteiger partial charge < -0.3 is 10.6 Å². The van der Waals surface area contributed by atoms with Crippen molar-refractivity contribution in [3.63, 3.8) is 0 Å². The van der Waals surface area contributed by atoms with Crippen LogP contribution in [0.1, 0.15) is 22.8 Å². The van der Waals surface area contributed by atoms with E-state index in [1.807, 2.05) is 30.3 Å². The molecule has 3 rings (SSSR count).